The van der Waals surface area contributed by atoms with Gasteiger partial charge < -0.3 is 5.32 Å². The van der Waals surface area contributed by atoms with Gasteiger partial charge in [-0.25, -0.2) is 0 Å². The maximum Gasteiger partial charge on any atom is 0.416 e. The van der Waals surface area contributed by atoms with Crippen LogP contribution in [0.1, 0.15) is 24.2 Å². The predicted molar refractivity (Wildman–Crippen MR) is 67.1 cm³/mol. The third kappa shape index (κ3) is 3.20. The van der Waals surface area contributed by atoms with Crippen LogP contribution in [0.3, 0.4) is 0 Å². The zero-order valence-electron chi connectivity index (χ0n) is 9.92. The molecule has 0 radical (unpaired) electrons. The average Bonchev–Trinajstić information content (AvgIpc) is 2.84. The molecule has 0 fully saturated rings. The van der Waals surface area contributed by atoms with E-state index in [2.05, 4.69) is 15.5 Å². The number of hydrogen-bond donors (Lipinski definition) is 2. The number of hydrogen-bond acceptors (Lipinski definition) is 2. The number of aromatic nitrogens is 2. The quantitative estimate of drug-likeness (QED) is 0.886. The number of aromatic amines is 1. The SMILES string of the molecule is CC(Nc1ccc(C(F)(F)F)cc1Cl)c1ccn[nH]1. The lowest BCUT2D eigenvalue weighted by Gasteiger charge is -2.16. The molecule has 19 heavy (non-hydrogen) atoms. The minimum absolute atomic E-state index is 0.0289. The van der Waals surface area contributed by atoms with E-state index in [1.807, 2.05) is 6.92 Å². The Kier molecular flexibility index (Phi) is 3.71. The predicted octanol–water partition coefficient (Wildman–Crippen LogP) is 4.26. The van der Waals surface area contributed by atoms with Gasteiger partial charge in [0.05, 0.1) is 28.0 Å². The highest BCUT2D eigenvalue weighted by molar-refractivity contribution is 6.33. The molecule has 1 aromatic carbocycles. The van der Waals surface area contributed by atoms with Crippen molar-refractivity contribution in [2.75, 3.05) is 5.32 Å². The first-order valence-corrected chi connectivity index (χ1v) is 5.88. The molecule has 1 heterocycles. The van der Waals surface area contributed by atoms with E-state index >= 15 is 0 Å². The van der Waals surface area contributed by atoms with E-state index in [4.69, 9.17) is 11.6 Å². The Labute approximate surface area is 112 Å². The molecule has 102 valence electrons. The molecule has 1 aromatic heterocycles. The van der Waals surface area contributed by atoms with Crippen molar-refractivity contribution >= 4 is 17.3 Å². The number of nitrogens with one attached hydrogen (secondary N) is 2. The number of nitrogens with zero attached hydrogens (tertiary/aromatic N) is 1. The van der Waals surface area contributed by atoms with Gasteiger partial charge in [-0.05, 0) is 31.2 Å². The minimum atomic E-state index is -4.39. The highest BCUT2D eigenvalue weighted by Gasteiger charge is 2.30. The first kappa shape index (κ1) is 13.7. The molecule has 0 saturated carbocycles. The van der Waals surface area contributed by atoms with Crippen molar-refractivity contribution in [2.24, 2.45) is 0 Å². The van der Waals surface area contributed by atoms with Gasteiger partial charge in [-0.1, -0.05) is 11.6 Å². The molecule has 0 aliphatic rings. The monoisotopic (exact) mass is 289 g/mol. The Morgan fingerprint density at radius 1 is 1.32 bits per heavy atom. The molecule has 0 bridgehead atoms. The second kappa shape index (κ2) is 5.13. The molecule has 0 spiro atoms. The van der Waals surface area contributed by atoms with Gasteiger partial charge in [0.2, 0.25) is 0 Å². The van der Waals surface area contributed by atoms with Crippen molar-refractivity contribution in [3.8, 4) is 0 Å². The third-order valence-electron chi connectivity index (χ3n) is 2.66. The lowest BCUT2D eigenvalue weighted by Crippen LogP contribution is -2.09. The second-order valence-electron chi connectivity index (χ2n) is 4.07. The Morgan fingerprint density at radius 3 is 2.58 bits per heavy atom. The van der Waals surface area contributed by atoms with Crippen molar-refractivity contribution in [3.05, 3.63) is 46.7 Å². The standard InChI is InChI=1S/C12H11ClF3N3/c1-7(10-4-5-17-19-10)18-11-3-2-8(6-9(11)13)12(14,15)16/h2-7,18H,1H3,(H,17,19). The fraction of sp³-hybridized carbons (Fsp3) is 0.250. The Morgan fingerprint density at radius 2 is 2.05 bits per heavy atom. The van der Waals surface area contributed by atoms with Crippen LogP contribution in [0.25, 0.3) is 0 Å². The first-order chi connectivity index (χ1) is 8.88. The van der Waals surface area contributed by atoms with E-state index in [0.29, 0.717) is 5.69 Å². The average molecular weight is 290 g/mol. The van der Waals surface area contributed by atoms with E-state index in [-0.39, 0.29) is 11.1 Å². The van der Waals surface area contributed by atoms with Crippen LogP contribution in [0.15, 0.2) is 30.5 Å². The number of anilines is 1. The Bertz CT molecular complexity index is 552. The third-order valence-corrected chi connectivity index (χ3v) is 2.97. The summed E-state index contributed by atoms with van der Waals surface area (Å²) < 4.78 is 37.5. The van der Waals surface area contributed by atoms with Gasteiger partial charge in [0.1, 0.15) is 0 Å². The van der Waals surface area contributed by atoms with Crippen molar-refractivity contribution in [3.63, 3.8) is 0 Å². The van der Waals surface area contributed by atoms with Crippen molar-refractivity contribution in [1.29, 1.82) is 0 Å². The van der Waals surface area contributed by atoms with Crippen LogP contribution < -0.4 is 5.32 Å². The van der Waals surface area contributed by atoms with Crippen molar-refractivity contribution < 1.29 is 13.2 Å². The summed E-state index contributed by atoms with van der Waals surface area (Å²) in [5, 5.41) is 9.63. The smallest absolute Gasteiger partial charge is 0.376 e. The first-order valence-electron chi connectivity index (χ1n) is 5.50. The summed E-state index contributed by atoms with van der Waals surface area (Å²) in [5.74, 6) is 0. The van der Waals surface area contributed by atoms with Gasteiger partial charge in [-0.15, -0.1) is 0 Å². The molecule has 0 aliphatic heterocycles. The summed E-state index contributed by atoms with van der Waals surface area (Å²) >= 11 is 5.85. The van der Waals surface area contributed by atoms with Crippen molar-refractivity contribution in [1.82, 2.24) is 10.2 Å². The molecule has 7 heteroatoms. The molecular weight excluding hydrogens is 279 g/mol. The summed E-state index contributed by atoms with van der Waals surface area (Å²) in [5.41, 5.74) is 0.491. The molecule has 2 aromatic rings. The lowest BCUT2D eigenvalue weighted by atomic mass is 10.1. The van der Waals surface area contributed by atoms with Gasteiger partial charge in [0.15, 0.2) is 0 Å². The number of benzene rings is 1. The summed E-state index contributed by atoms with van der Waals surface area (Å²) in [6.07, 6.45) is -2.79. The summed E-state index contributed by atoms with van der Waals surface area (Å²) in [6.45, 7) is 1.85. The van der Waals surface area contributed by atoms with Crippen LogP contribution in [0.2, 0.25) is 5.02 Å². The maximum atomic E-state index is 12.5. The van der Waals surface area contributed by atoms with Gasteiger partial charge >= 0.3 is 6.18 Å². The van der Waals surface area contributed by atoms with E-state index < -0.39 is 11.7 Å². The molecule has 1 unspecified atom stereocenters. The Hall–Kier alpha value is -1.69. The highest BCUT2D eigenvalue weighted by Crippen LogP contribution is 2.34. The van der Waals surface area contributed by atoms with E-state index in [0.717, 1.165) is 17.8 Å². The molecule has 2 N–H and O–H groups in total. The maximum absolute atomic E-state index is 12.5. The molecule has 1 atom stereocenters. The Balaban J connectivity index is 2.18. The molecule has 0 aliphatic carbocycles. The van der Waals surface area contributed by atoms with Crippen LogP contribution in [0, 0.1) is 0 Å². The molecule has 0 saturated heterocycles. The van der Waals surface area contributed by atoms with E-state index in [1.54, 1.807) is 12.3 Å². The zero-order valence-corrected chi connectivity index (χ0v) is 10.7. The number of alkyl halides is 3. The van der Waals surface area contributed by atoms with Crippen LogP contribution in [-0.2, 0) is 6.18 Å². The van der Waals surface area contributed by atoms with Crippen LogP contribution in [0.4, 0.5) is 18.9 Å². The van der Waals surface area contributed by atoms with Gasteiger partial charge in [-0.2, -0.15) is 18.3 Å². The van der Waals surface area contributed by atoms with Gasteiger partial charge in [0.25, 0.3) is 0 Å². The van der Waals surface area contributed by atoms with Crippen LogP contribution >= 0.6 is 11.6 Å². The zero-order chi connectivity index (χ0) is 14.0. The summed E-state index contributed by atoms with van der Waals surface area (Å²) in [7, 11) is 0. The molecule has 3 nitrogen and oxygen atoms in total. The largest absolute Gasteiger partial charge is 0.416 e. The normalized spacial score (nSPS) is 13.3. The minimum Gasteiger partial charge on any atom is -0.376 e. The van der Waals surface area contributed by atoms with Crippen molar-refractivity contribution in [2.45, 2.75) is 19.1 Å². The number of rotatable bonds is 3. The fourth-order valence-electron chi connectivity index (χ4n) is 1.63. The lowest BCUT2D eigenvalue weighted by molar-refractivity contribution is -0.137. The molecule has 0 amide bonds. The van der Waals surface area contributed by atoms with Crippen LogP contribution in [-0.4, -0.2) is 10.2 Å². The summed E-state index contributed by atoms with van der Waals surface area (Å²) in [6, 6.07) is 4.85. The topological polar surface area (TPSA) is 40.7 Å². The van der Waals surface area contributed by atoms with E-state index in [9.17, 15) is 13.2 Å². The van der Waals surface area contributed by atoms with E-state index in [1.165, 1.54) is 6.07 Å². The fourth-order valence-corrected chi connectivity index (χ4v) is 1.86. The number of H-pyrrole nitrogens is 1. The molecular formula is C12H11ClF3N3. The van der Waals surface area contributed by atoms with Gasteiger partial charge in [0, 0.05) is 6.20 Å². The van der Waals surface area contributed by atoms with Crippen LogP contribution in [0.5, 0.6) is 0 Å². The number of halogens is 4. The summed E-state index contributed by atoms with van der Waals surface area (Å²) in [4.78, 5) is 0. The highest BCUT2D eigenvalue weighted by atomic mass is 35.5. The van der Waals surface area contributed by atoms with Gasteiger partial charge in [-0.3, -0.25) is 5.10 Å². The second-order valence-corrected chi connectivity index (χ2v) is 4.48. The molecule has 2 rings (SSSR count).